The van der Waals surface area contributed by atoms with Crippen molar-refractivity contribution in [3.63, 3.8) is 0 Å². The van der Waals surface area contributed by atoms with E-state index in [9.17, 15) is 22.4 Å². The average Bonchev–Trinajstić information content (AvgIpc) is 2.27. The van der Waals surface area contributed by atoms with Crippen molar-refractivity contribution in [2.24, 2.45) is 0 Å². The maximum atomic E-state index is 12.7. The van der Waals surface area contributed by atoms with Crippen molar-refractivity contribution in [2.45, 2.75) is 32.1 Å². The second kappa shape index (κ2) is 5.37. The Hall–Kier alpha value is -1.59. The summed E-state index contributed by atoms with van der Waals surface area (Å²) in [5.74, 6) is -1.45. The third kappa shape index (κ3) is 3.72. The van der Waals surface area contributed by atoms with E-state index in [0.29, 0.717) is 0 Å². The van der Waals surface area contributed by atoms with Gasteiger partial charge in [0.05, 0.1) is 0 Å². The molecule has 0 aromatic heterocycles. The number of nitrogens with one attached hydrogen (secondary N) is 1. The second-order valence-corrected chi connectivity index (χ2v) is 4.17. The summed E-state index contributed by atoms with van der Waals surface area (Å²) < 4.78 is 48.5. The van der Waals surface area contributed by atoms with Crippen molar-refractivity contribution >= 4 is 11.6 Å². The van der Waals surface area contributed by atoms with E-state index < -0.39 is 18.3 Å². The summed E-state index contributed by atoms with van der Waals surface area (Å²) in [6, 6.07) is 6.22. The zero-order valence-electron chi connectivity index (χ0n) is 9.88. The first-order valence-electron chi connectivity index (χ1n) is 5.33. The van der Waals surface area contributed by atoms with Crippen LogP contribution in [0, 0.1) is 0 Å². The molecular formula is C12H13F4NO. The maximum absolute atomic E-state index is 12.7. The molecular weight excluding hydrogens is 250 g/mol. The van der Waals surface area contributed by atoms with E-state index in [0.717, 1.165) is 5.56 Å². The standard InChI is InChI=1S/C12H13F4NO/c1-7(2)8-3-5-9(6-4-8)17-11(18)10(13)12(14,15)16/h3-7,10H,1-2H3,(H,17,18). The van der Waals surface area contributed by atoms with Gasteiger partial charge in [0.25, 0.3) is 12.1 Å². The van der Waals surface area contributed by atoms with E-state index >= 15 is 0 Å². The van der Waals surface area contributed by atoms with Gasteiger partial charge >= 0.3 is 6.18 Å². The van der Waals surface area contributed by atoms with E-state index in [-0.39, 0.29) is 11.6 Å². The average molecular weight is 263 g/mol. The fourth-order valence-corrected chi connectivity index (χ4v) is 1.31. The SMILES string of the molecule is CC(C)c1ccc(NC(=O)C(F)C(F)(F)F)cc1. The summed E-state index contributed by atoms with van der Waals surface area (Å²) in [6.45, 7) is 3.91. The number of hydrogen-bond acceptors (Lipinski definition) is 1. The number of halogens is 4. The first kappa shape index (κ1) is 14.5. The number of rotatable bonds is 3. The second-order valence-electron chi connectivity index (χ2n) is 4.17. The minimum atomic E-state index is -5.18. The highest BCUT2D eigenvalue weighted by Gasteiger charge is 2.45. The third-order valence-electron chi connectivity index (χ3n) is 2.36. The molecule has 0 saturated carbocycles. The number of benzene rings is 1. The minimum absolute atomic E-state index is 0.135. The molecule has 0 heterocycles. The highest BCUT2D eigenvalue weighted by atomic mass is 19.4. The van der Waals surface area contributed by atoms with Gasteiger partial charge in [0.1, 0.15) is 0 Å². The molecule has 1 aromatic carbocycles. The summed E-state index contributed by atoms with van der Waals surface area (Å²) in [4.78, 5) is 11.0. The Labute approximate surface area is 102 Å². The van der Waals surface area contributed by atoms with Crippen LogP contribution in [0.5, 0.6) is 0 Å². The van der Waals surface area contributed by atoms with Crippen molar-refractivity contribution < 1.29 is 22.4 Å². The monoisotopic (exact) mass is 263 g/mol. The molecule has 1 amide bonds. The Morgan fingerprint density at radius 2 is 1.67 bits per heavy atom. The van der Waals surface area contributed by atoms with E-state index in [1.165, 1.54) is 12.1 Å². The molecule has 0 aliphatic carbocycles. The van der Waals surface area contributed by atoms with E-state index in [2.05, 4.69) is 0 Å². The molecule has 18 heavy (non-hydrogen) atoms. The molecule has 2 nitrogen and oxygen atoms in total. The zero-order valence-corrected chi connectivity index (χ0v) is 9.88. The lowest BCUT2D eigenvalue weighted by molar-refractivity contribution is -0.183. The van der Waals surface area contributed by atoms with E-state index in [4.69, 9.17) is 0 Å². The molecule has 1 N–H and O–H groups in total. The van der Waals surface area contributed by atoms with Gasteiger partial charge in [-0.15, -0.1) is 0 Å². The molecule has 0 aliphatic rings. The lowest BCUT2D eigenvalue weighted by atomic mass is 10.0. The van der Waals surface area contributed by atoms with Gasteiger partial charge in [0.15, 0.2) is 0 Å². The fraction of sp³-hybridized carbons (Fsp3) is 0.417. The van der Waals surface area contributed by atoms with Gasteiger partial charge in [0, 0.05) is 5.69 Å². The topological polar surface area (TPSA) is 29.1 Å². The Bertz CT molecular complexity index is 411. The lowest BCUT2D eigenvalue weighted by Gasteiger charge is -2.13. The van der Waals surface area contributed by atoms with Gasteiger partial charge in [-0.1, -0.05) is 26.0 Å². The molecule has 0 fully saturated rings. The van der Waals surface area contributed by atoms with Crippen molar-refractivity contribution in [1.29, 1.82) is 0 Å². The van der Waals surface area contributed by atoms with E-state index in [1.54, 1.807) is 12.1 Å². The zero-order chi connectivity index (χ0) is 13.9. The maximum Gasteiger partial charge on any atom is 0.428 e. The summed E-state index contributed by atoms with van der Waals surface area (Å²) >= 11 is 0. The molecule has 1 atom stereocenters. The summed E-state index contributed by atoms with van der Waals surface area (Å²) in [7, 11) is 0. The number of carbonyl (C=O) groups is 1. The van der Waals surface area contributed by atoms with Gasteiger partial charge in [-0.05, 0) is 23.6 Å². The largest absolute Gasteiger partial charge is 0.428 e. The van der Waals surface area contributed by atoms with Gasteiger partial charge in [-0.3, -0.25) is 4.79 Å². The number of hydrogen-bond donors (Lipinski definition) is 1. The van der Waals surface area contributed by atoms with Crippen LogP contribution in [0.4, 0.5) is 23.2 Å². The van der Waals surface area contributed by atoms with Crippen LogP contribution in [0.25, 0.3) is 0 Å². The predicted molar refractivity (Wildman–Crippen MR) is 60.1 cm³/mol. The molecule has 1 unspecified atom stereocenters. The Balaban J connectivity index is 2.71. The van der Waals surface area contributed by atoms with Gasteiger partial charge in [-0.25, -0.2) is 4.39 Å². The predicted octanol–water partition coefficient (Wildman–Crippen LogP) is 3.65. The minimum Gasteiger partial charge on any atom is -0.323 e. The molecule has 0 bridgehead atoms. The van der Waals surface area contributed by atoms with Crippen molar-refractivity contribution in [3.05, 3.63) is 29.8 Å². The highest BCUT2D eigenvalue weighted by molar-refractivity contribution is 5.94. The van der Waals surface area contributed by atoms with Crippen LogP contribution < -0.4 is 5.32 Å². The first-order valence-corrected chi connectivity index (χ1v) is 5.33. The number of alkyl halides is 4. The lowest BCUT2D eigenvalue weighted by Crippen LogP contribution is -2.36. The highest BCUT2D eigenvalue weighted by Crippen LogP contribution is 2.24. The van der Waals surface area contributed by atoms with Gasteiger partial charge < -0.3 is 5.32 Å². The van der Waals surface area contributed by atoms with Gasteiger partial charge in [0.2, 0.25) is 0 Å². The Kier molecular flexibility index (Phi) is 4.32. The quantitative estimate of drug-likeness (QED) is 0.829. The molecule has 0 radical (unpaired) electrons. The summed E-state index contributed by atoms with van der Waals surface area (Å²) in [6.07, 6.45) is -8.69. The first-order chi connectivity index (χ1) is 8.21. The molecule has 6 heteroatoms. The molecule has 100 valence electrons. The van der Waals surface area contributed by atoms with Crippen LogP contribution in [0.2, 0.25) is 0 Å². The normalized spacial score (nSPS) is 13.5. The number of carbonyl (C=O) groups excluding carboxylic acids is 1. The van der Waals surface area contributed by atoms with Crippen molar-refractivity contribution in [3.8, 4) is 0 Å². The van der Waals surface area contributed by atoms with E-state index in [1.807, 2.05) is 19.2 Å². The van der Waals surface area contributed by atoms with Crippen molar-refractivity contribution in [1.82, 2.24) is 0 Å². The molecule has 1 rings (SSSR count). The summed E-state index contributed by atoms with van der Waals surface area (Å²) in [5, 5.41) is 1.88. The molecule has 0 saturated heterocycles. The fourth-order valence-electron chi connectivity index (χ4n) is 1.31. The number of anilines is 1. The van der Waals surface area contributed by atoms with Crippen molar-refractivity contribution in [2.75, 3.05) is 5.32 Å². The Morgan fingerprint density at radius 3 is 2.06 bits per heavy atom. The molecule has 0 aliphatic heterocycles. The smallest absolute Gasteiger partial charge is 0.323 e. The number of amides is 1. The molecule has 0 spiro atoms. The molecule has 1 aromatic rings. The van der Waals surface area contributed by atoms with Crippen LogP contribution in [0.15, 0.2) is 24.3 Å². The third-order valence-corrected chi connectivity index (χ3v) is 2.36. The van der Waals surface area contributed by atoms with Crippen LogP contribution in [0.1, 0.15) is 25.3 Å². The Morgan fingerprint density at radius 1 is 1.17 bits per heavy atom. The summed E-state index contributed by atoms with van der Waals surface area (Å²) in [5.41, 5.74) is 1.11. The van der Waals surface area contributed by atoms with Gasteiger partial charge in [-0.2, -0.15) is 13.2 Å². The van der Waals surface area contributed by atoms with Crippen LogP contribution in [-0.4, -0.2) is 18.3 Å². The van der Waals surface area contributed by atoms with Crippen LogP contribution in [-0.2, 0) is 4.79 Å². The van der Waals surface area contributed by atoms with Crippen LogP contribution >= 0.6 is 0 Å². The van der Waals surface area contributed by atoms with Crippen LogP contribution in [0.3, 0.4) is 0 Å².